The number of ether oxygens (including phenoxy) is 1. The van der Waals surface area contributed by atoms with Crippen LogP contribution in [0.1, 0.15) is 24.8 Å². The van der Waals surface area contributed by atoms with Crippen LogP contribution in [-0.2, 0) is 16.0 Å². The number of rotatable bonds is 3. The number of hydrogen-bond acceptors (Lipinski definition) is 3. The van der Waals surface area contributed by atoms with Gasteiger partial charge in [-0.1, -0.05) is 30.3 Å². The van der Waals surface area contributed by atoms with E-state index in [-0.39, 0.29) is 11.5 Å². The van der Waals surface area contributed by atoms with Gasteiger partial charge in [0.15, 0.2) is 0 Å². The number of carbonyl (C=O) groups excluding carboxylic acids is 1. The molecule has 1 aromatic rings. The Morgan fingerprint density at radius 1 is 1.23 bits per heavy atom. The minimum atomic E-state index is -0.131. The molecule has 3 rings (SSSR count). The molecule has 0 aliphatic carbocycles. The molecule has 1 unspecified atom stereocenters. The van der Waals surface area contributed by atoms with E-state index in [1.165, 1.54) is 5.56 Å². The van der Waals surface area contributed by atoms with Crippen molar-refractivity contribution in [1.29, 1.82) is 0 Å². The van der Waals surface area contributed by atoms with E-state index in [0.717, 1.165) is 52.0 Å². The van der Waals surface area contributed by atoms with E-state index in [9.17, 15) is 4.79 Å². The number of aryl methyl sites for hydroxylation is 1. The zero-order valence-corrected chi connectivity index (χ0v) is 13.5. The highest BCUT2D eigenvalue weighted by molar-refractivity contribution is 5.76. The number of piperidine rings is 1. The van der Waals surface area contributed by atoms with Gasteiger partial charge in [0, 0.05) is 26.1 Å². The van der Waals surface area contributed by atoms with E-state index in [2.05, 4.69) is 24.1 Å². The van der Waals surface area contributed by atoms with Gasteiger partial charge in [-0.2, -0.15) is 0 Å². The van der Waals surface area contributed by atoms with Crippen LogP contribution < -0.4 is 0 Å². The van der Waals surface area contributed by atoms with Crippen molar-refractivity contribution in [2.45, 2.75) is 31.3 Å². The molecule has 4 nitrogen and oxygen atoms in total. The van der Waals surface area contributed by atoms with Crippen molar-refractivity contribution in [3.8, 4) is 0 Å². The Morgan fingerprint density at radius 3 is 2.82 bits per heavy atom. The number of amides is 1. The molecular formula is C18H26N2O2. The minimum absolute atomic E-state index is 0.131. The molecule has 2 fully saturated rings. The number of likely N-dealkylation sites (tertiary alicyclic amines) is 1. The SMILES string of the molecule is CN1CCOC2(CCCN(C(=O)CCc3ccccc3)C2)C1. The first kappa shape index (κ1) is 15.5. The lowest BCUT2D eigenvalue weighted by molar-refractivity contribution is -0.155. The zero-order valence-electron chi connectivity index (χ0n) is 13.5. The Bertz CT molecular complexity index is 501. The average Bonchev–Trinajstić information content (AvgIpc) is 2.53. The Hall–Kier alpha value is -1.39. The summed E-state index contributed by atoms with van der Waals surface area (Å²) in [6, 6.07) is 10.2. The summed E-state index contributed by atoms with van der Waals surface area (Å²) in [6.45, 7) is 4.34. The monoisotopic (exact) mass is 302 g/mol. The van der Waals surface area contributed by atoms with Crippen LogP contribution in [0.4, 0.5) is 0 Å². The van der Waals surface area contributed by atoms with Crippen molar-refractivity contribution in [3.05, 3.63) is 35.9 Å². The van der Waals surface area contributed by atoms with Crippen LogP contribution in [-0.4, -0.2) is 61.1 Å². The molecule has 120 valence electrons. The van der Waals surface area contributed by atoms with Crippen molar-refractivity contribution < 1.29 is 9.53 Å². The van der Waals surface area contributed by atoms with E-state index in [0.29, 0.717) is 6.42 Å². The van der Waals surface area contributed by atoms with E-state index in [1.807, 2.05) is 23.1 Å². The van der Waals surface area contributed by atoms with Gasteiger partial charge >= 0.3 is 0 Å². The van der Waals surface area contributed by atoms with Crippen molar-refractivity contribution in [3.63, 3.8) is 0 Å². The summed E-state index contributed by atoms with van der Waals surface area (Å²) in [4.78, 5) is 16.9. The molecule has 0 N–H and O–H groups in total. The normalized spacial score (nSPS) is 26.3. The van der Waals surface area contributed by atoms with Crippen molar-refractivity contribution in [2.75, 3.05) is 39.8 Å². The zero-order chi connectivity index (χ0) is 15.4. The fourth-order valence-electron chi connectivity index (χ4n) is 3.65. The van der Waals surface area contributed by atoms with E-state index in [1.54, 1.807) is 0 Å². The highest BCUT2D eigenvalue weighted by Crippen LogP contribution is 2.28. The van der Waals surface area contributed by atoms with Gasteiger partial charge in [0.2, 0.25) is 5.91 Å². The molecule has 2 aliphatic rings. The summed E-state index contributed by atoms with van der Waals surface area (Å²) < 4.78 is 6.08. The second kappa shape index (κ2) is 6.80. The van der Waals surface area contributed by atoms with E-state index < -0.39 is 0 Å². The summed E-state index contributed by atoms with van der Waals surface area (Å²) in [6.07, 6.45) is 3.53. The third-order valence-electron chi connectivity index (χ3n) is 4.80. The van der Waals surface area contributed by atoms with Crippen molar-refractivity contribution in [2.24, 2.45) is 0 Å². The van der Waals surface area contributed by atoms with Crippen LogP contribution in [0.5, 0.6) is 0 Å². The fraction of sp³-hybridized carbons (Fsp3) is 0.611. The Morgan fingerprint density at radius 2 is 2.05 bits per heavy atom. The molecule has 0 bridgehead atoms. The van der Waals surface area contributed by atoms with Crippen molar-refractivity contribution in [1.82, 2.24) is 9.80 Å². The van der Waals surface area contributed by atoms with Crippen LogP contribution in [0.15, 0.2) is 30.3 Å². The highest BCUT2D eigenvalue weighted by atomic mass is 16.5. The summed E-state index contributed by atoms with van der Waals surface area (Å²) >= 11 is 0. The van der Waals surface area contributed by atoms with Crippen LogP contribution in [0.3, 0.4) is 0 Å². The second-order valence-electron chi connectivity index (χ2n) is 6.67. The Balaban J connectivity index is 1.56. The highest BCUT2D eigenvalue weighted by Gasteiger charge is 2.40. The topological polar surface area (TPSA) is 32.8 Å². The Labute approximate surface area is 133 Å². The van der Waals surface area contributed by atoms with Gasteiger partial charge in [-0.05, 0) is 31.9 Å². The third-order valence-corrected chi connectivity index (χ3v) is 4.80. The van der Waals surface area contributed by atoms with Crippen LogP contribution in [0.25, 0.3) is 0 Å². The van der Waals surface area contributed by atoms with Gasteiger partial charge in [-0.3, -0.25) is 4.79 Å². The number of likely N-dealkylation sites (N-methyl/N-ethyl adjacent to an activating group) is 1. The summed E-state index contributed by atoms with van der Waals surface area (Å²) in [5, 5.41) is 0. The van der Waals surface area contributed by atoms with Gasteiger partial charge in [-0.15, -0.1) is 0 Å². The standard InChI is InChI=1S/C18H26N2O2/c1-19-12-13-22-18(14-19)10-5-11-20(15-18)17(21)9-8-16-6-3-2-4-7-16/h2-4,6-7H,5,8-15H2,1H3. The predicted octanol–water partition coefficient (Wildman–Crippen LogP) is 1.94. The van der Waals surface area contributed by atoms with Gasteiger partial charge in [0.1, 0.15) is 0 Å². The molecule has 0 saturated carbocycles. The molecule has 0 radical (unpaired) electrons. The lowest BCUT2D eigenvalue weighted by Crippen LogP contribution is -2.59. The van der Waals surface area contributed by atoms with E-state index in [4.69, 9.17) is 4.74 Å². The van der Waals surface area contributed by atoms with Gasteiger partial charge < -0.3 is 14.5 Å². The molecule has 2 heterocycles. The maximum atomic E-state index is 12.5. The smallest absolute Gasteiger partial charge is 0.223 e. The molecule has 1 spiro atoms. The number of benzene rings is 1. The largest absolute Gasteiger partial charge is 0.370 e. The number of nitrogens with zero attached hydrogens (tertiary/aromatic N) is 2. The van der Waals surface area contributed by atoms with E-state index >= 15 is 0 Å². The van der Waals surface area contributed by atoms with Gasteiger partial charge in [-0.25, -0.2) is 0 Å². The van der Waals surface area contributed by atoms with Crippen LogP contribution in [0.2, 0.25) is 0 Å². The first-order chi connectivity index (χ1) is 10.7. The van der Waals surface area contributed by atoms with Crippen LogP contribution in [0, 0.1) is 0 Å². The maximum Gasteiger partial charge on any atom is 0.223 e. The molecule has 2 aliphatic heterocycles. The van der Waals surface area contributed by atoms with Gasteiger partial charge in [0.05, 0.1) is 18.8 Å². The summed E-state index contributed by atoms with van der Waals surface area (Å²) in [5.41, 5.74) is 1.10. The molecule has 1 atom stereocenters. The average molecular weight is 302 g/mol. The molecule has 1 aromatic carbocycles. The lowest BCUT2D eigenvalue weighted by Gasteiger charge is -2.47. The quantitative estimate of drug-likeness (QED) is 0.855. The predicted molar refractivity (Wildman–Crippen MR) is 86.8 cm³/mol. The lowest BCUT2D eigenvalue weighted by atomic mass is 9.90. The number of morpholine rings is 1. The molecule has 1 amide bonds. The van der Waals surface area contributed by atoms with Crippen molar-refractivity contribution >= 4 is 5.91 Å². The fourth-order valence-corrected chi connectivity index (χ4v) is 3.65. The first-order valence-electron chi connectivity index (χ1n) is 8.31. The second-order valence-corrected chi connectivity index (χ2v) is 6.67. The minimum Gasteiger partial charge on any atom is -0.370 e. The van der Waals surface area contributed by atoms with Gasteiger partial charge in [0.25, 0.3) is 0 Å². The Kier molecular flexibility index (Phi) is 4.79. The molecule has 22 heavy (non-hydrogen) atoms. The number of hydrogen-bond donors (Lipinski definition) is 0. The number of carbonyl (C=O) groups is 1. The molecular weight excluding hydrogens is 276 g/mol. The molecule has 2 saturated heterocycles. The molecule has 0 aromatic heterocycles. The molecule has 4 heteroatoms. The third kappa shape index (κ3) is 3.68. The summed E-state index contributed by atoms with van der Waals surface area (Å²) in [5.74, 6) is 0.264. The first-order valence-corrected chi connectivity index (χ1v) is 8.31. The maximum absolute atomic E-state index is 12.5. The summed E-state index contributed by atoms with van der Waals surface area (Å²) in [7, 11) is 2.14. The van der Waals surface area contributed by atoms with Crippen LogP contribution >= 0.6 is 0 Å².